The van der Waals surface area contributed by atoms with E-state index in [2.05, 4.69) is 464 Å². The molecule has 0 saturated carbocycles. The summed E-state index contributed by atoms with van der Waals surface area (Å²) >= 11 is 0. The maximum absolute atomic E-state index is 2.48. The van der Waals surface area contributed by atoms with Crippen LogP contribution in [0.25, 0.3) is 133 Å². The Hall–Kier alpha value is -14.1. The predicted molar refractivity (Wildman–Crippen MR) is 504 cm³/mol. The van der Waals surface area contributed by atoms with E-state index in [-0.39, 0.29) is 16.2 Å². The number of para-hydroxylation sites is 4. The van der Waals surface area contributed by atoms with E-state index in [1.54, 1.807) is 0 Å². The molecule has 119 heavy (non-hydrogen) atoms. The molecule has 0 spiro atoms. The standard InChI is InChI=1S/C62H50N2.C53H42N2/c1-39-32-40(2)34-43(33-39)42-24-28-49-51-30-26-46(38-57(51)62(5,6)55(49)35-42)64-59-23-15-12-20-52(59)53-36-44(27-31-60(53)64)63(58-22-14-11-18-47(58)41-16-8-7-9-17-41)45-25-29-50-48-19-10-13-21-54(48)61(3,4)56(50)37-45;1-35-29-36(2)31-40(30-35)39-21-26-45-46-27-24-44(34-50(46)53(3,4)49(45)32-39)55-51-18-12-11-17-47(51)48-33-43(25-28-52(48)55)54(41-15-9-6-10-16-41)42-22-19-38(20-23-42)37-13-7-5-8-14-37/h7-38H,1-6H3;5-34H,1-4H3. The molecule has 22 rings (SSSR count). The van der Waals surface area contributed by atoms with Crippen LogP contribution in [0.5, 0.6) is 0 Å². The SMILES string of the molecule is Cc1cc(C)cc(-c2ccc3c(c2)C(C)(C)c2cc(-n4c5ccccc5c5cc(N(c6ccc7c(c6)C(C)(C)c6ccccc6-7)c6ccccc6-c6ccccc6)ccc54)ccc2-3)c1.Cc1cc(C)cc(-c2ccc3c(c2)C(C)(C)c2cc(-n4c5ccccc5c5cc(N(c6ccccc6)c6ccc(-c7ccccc7)cc6)ccc54)ccc2-3)c1. The topological polar surface area (TPSA) is 16.3 Å². The first-order chi connectivity index (χ1) is 57.9. The second-order valence-corrected chi connectivity index (χ2v) is 34.8. The minimum absolute atomic E-state index is 0.127. The Kier molecular flexibility index (Phi) is 17.2. The molecule has 0 unspecified atom stereocenters. The highest BCUT2D eigenvalue weighted by Crippen LogP contribution is 2.56. The van der Waals surface area contributed by atoms with Crippen LogP contribution < -0.4 is 9.80 Å². The number of aromatic nitrogens is 2. The fourth-order valence-electron chi connectivity index (χ4n) is 20.4. The monoisotopic (exact) mass is 1530 g/mol. The minimum Gasteiger partial charge on any atom is -0.310 e. The van der Waals surface area contributed by atoms with Crippen molar-refractivity contribution in [3.63, 3.8) is 0 Å². The first-order valence-electron chi connectivity index (χ1n) is 41.9. The van der Waals surface area contributed by atoms with Gasteiger partial charge in [-0.25, -0.2) is 0 Å². The number of hydrogen-bond acceptors (Lipinski definition) is 2. The van der Waals surface area contributed by atoms with Crippen molar-refractivity contribution in [2.75, 3.05) is 9.80 Å². The zero-order valence-corrected chi connectivity index (χ0v) is 69.1. The van der Waals surface area contributed by atoms with Crippen LogP contribution >= 0.6 is 0 Å². The van der Waals surface area contributed by atoms with Crippen molar-refractivity contribution < 1.29 is 0 Å². The summed E-state index contributed by atoms with van der Waals surface area (Å²) in [6.07, 6.45) is 0. The second kappa shape index (κ2) is 28.1. The molecule has 3 aliphatic rings. The molecule has 0 saturated heterocycles. The van der Waals surface area contributed by atoms with E-state index in [0.29, 0.717) is 0 Å². The van der Waals surface area contributed by atoms with E-state index in [9.17, 15) is 0 Å². The summed E-state index contributed by atoms with van der Waals surface area (Å²) in [5.74, 6) is 0. The Balaban J connectivity index is 0.000000149. The molecule has 4 nitrogen and oxygen atoms in total. The highest BCUT2D eigenvalue weighted by atomic mass is 15.2. The Bertz CT molecular complexity index is 7250. The third-order valence-corrected chi connectivity index (χ3v) is 26.1. The molecule has 17 aromatic carbocycles. The summed E-state index contributed by atoms with van der Waals surface area (Å²) in [5.41, 5.74) is 44.9. The van der Waals surface area contributed by atoms with Gasteiger partial charge < -0.3 is 18.9 Å². The van der Waals surface area contributed by atoms with E-state index in [4.69, 9.17) is 0 Å². The average molecular weight is 1530 g/mol. The largest absolute Gasteiger partial charge is 0.310 e. The van der Waals surface area contributed by atoms with Crippen molar-refractivity contribution in [2.45, 2.75) is 85.5 Å². The van der Waals surface area contributed by atoms with E-state index in [1.807, 2.05) is 0 Å². The fourth-order valence-corrected chi connectivity index (χ4v) is 20.4. The molecular weight excluding hydrogens is 1440 g/mol. The number of nitrogens with zero attached hydrogens (tertiary/aromatic N) is 4. The summed E-state index contributed by atoms with van der Waals surface area (Å²) in [5, 5.41) is 4.94. The van der Waals surface area contributed by atoms with Gasteiger partial charge in [0, 0.05) is 83.2 Å². The normalized spacial score (nSPS) is 13.5. The van der Waals surface area contributed by atoms with E-state index in [0.717, 1.165) is 34.1 Å². The van der Waals surface area contributed by atoms with Gasteiger partial charge >= 0.3 is 0 Å². The van der Waals surface area contributed by atoms with Gasteiger partial charge in [0.1, 0.15) is 0 Å². The molecule has 19 aromatic rings. The van der Waals surface area contributed by atoms with Crippen LogP contribution in [0.4, 0.5) is 34.1 Å². The van der Waals surface area contributed by atoms with Crippen molar-refractivity contribution >= 4 is 77.7 Å². The van der Waals surface area contributed by atoms with Crippen molar-refractivity contribution in [2.24, 2.45) is 0 Å². The van der Waals surface area contributed by atoms with Crippen LogP contribution in [0.1, 0.15) is 97.2 Å². The van der Waals surface area contributed by atoms with Crippen LogP contribution in [0.3, 0.4) is 0 Å². The van der Waals surface area contributed by atoms with Crippen LogP contribution in [-0.2, 0) is 16.2 Å². The maximum atomic E-state index is 2.48. The molecule has 0 amide bonds. The van der Waals surface area contributed by atoms with Crippen LogP contribution in [0.15, 0.2) is 376 Å². The highest BCUT2D eigenvalue weighted by molar-refractivity contribution is 6.13. The van der Waals surface area contributed by atoms with Crippen molar-refractivity contribution in [1.29, 1.82) is 0 Å². The minimum atomic E-state index is -0.167. The third kappa shape index (κ3) is 12.1. The van der Waals surface area contributed by atoms with E-state index in [1.165, 1.54) is 189 Å². The van der Waals surface area contributed by atoms with Gasteiger partial charge in [-0.3, -0.25) is 0 Å². The number of aryl methyl sites for hydroxylation is 4. The molecule has 0 bridgehead atoms. The number of benzene rings is 17. The molecule has 3 aliphatic carbocycles. The molecule has 572 valence electrons. The highest BCUT2D eigenvalue weighted by Gasteiger charge is 2.40. The third-order valence-electron chi connectivity index (χ3n) is 26.1. The maximum Gasteiger partial charge on any atom is 0.0542 e. The molecule has 4 heteroatoms. The molecular formula is C115H92N4. The Morgan fingerprint density at radius 3 is 1.05 bits per heavy atom. The zero-order chi connectivity index (χ0) is 80.7. The van der Waals surface area contributed by atoms with Gasteiger partial charge in [-0.15, -0.1) is 0 Å². The summed E-state index contributed by atoms with van der Waals surface area (Å²) in [7, 11) is 0. The van der Waals surface area contributed by atoms with Crippen molar-refractivity contribution in [3.05, 3.63) is 432 Å². The quantitative estimate of drug-likeness (QED) is 0.121. The molecule has 0 fully saturated rings. The lowest BCUT2D eigenvalue weighted by Crippen LogP contribution is -2.17. The lowest BCUT2D eigenvalue weighted by molar-refractivity contribution is 0.660. The van der Waals surface area contributed by atoms with Crippen LogP contribution in [0.2, 0.25) is 0 Å². The molecule has 2 aromatic heterocycles. The van der Waals surface area contributed by atoms with Gasteiger partial charge in [0.15, 0.2) is 0 Å². The number of rotatable bonds is 12. The molecule has 0 N–H and O–H groups in total. The van der Waals surface area contributed by atoms with Gasteiger partial charge in [-0.05, 0) is 261 Å². The predicted octanol–water partition coefficient (Wildman–Crippen LogP) is 31.3. The zero-order valence-electron chi connectivity index (χ0n) is 69.1. The Morgan fingerprint density at radius 2 is 0.529 bits per heavy atom. The Morgan fingerprint density at radius 1 is 0.193 bits per heavy atom. The number of hydrogen-bond donors (Lipinski definition) is 0. The molecule has 0 atom stereocenters. The second-order valence-electron chi connectivity index (χ2n) is 34.8. The van der Waals surface area contributed by atoms with E-state index < -0.39 is 0 Å². The summed E-state index contributed by atoms with van der Waals surface area (Å²) in [6.45, 7) is 23.0. The van der Waals surface area contributed by atoms with Crippen molar-refractivity contribution in [3.8, 4) is 89.3 Å². The first kappa shape index (κ1) is 72.6. The molecule has 2 heterocycles. The van der Waals surface area contributed by atoms with E-state index >= 15 is 0 Å². The van der Waals surface area contributed by atoms with Gasteiger partial charge in [0.05, 0.1) is 27.8 Å². The first-order valence-corrected chi connectivity index (χ1v) is 41.9. The molecule has 0 aliphatic heterocycles. The van der Waals surface area contributed by atoms with Crippen molar-refractivity contribution in [1.82, 2.24) is 9.13 Å². The smallest absolute Gasteiger partial charge is 0.0542 e. The number of anilines is 6. The summed E-state index contributed by atoms with van der Waals surface area (Å²) in [4.78, 5) is 4.84. The van der Waals surface area contributed by atoms with Crippen LogP contribution in [-0.4, -0.2) is 9.13 Å². The Labute approximate surface area is 698 Å². The van der Waals surface area contributed by atoms with Gasteiger partial charge in [-0.1, -0.05) is 313 Å². The summed E-state index contributed by atoms with van der Waals surface area (Å²) < 4.78 is 4.93. The lowest BCUT2D eigenvalue weighted by Gasteiger charge is -2.30. The summed E-state index contributed by atoms with van der Waals surface area (Å²) in [6, 6.07) is 140. The molecule has 0 radical (unpaired) electrons. The van der Waals surface area contributed by atoms with Gasteiger partial charge in [0.2, 0.25) is 0 Å². The lowest BCUT2D eigenvalue weighted by atomic mass is 9.81. The van der Waals surface area contributed by atoms with Crippen LogP contribution in [0, 0.1) is 27.7 Å². The van der Waals surface area contributed by atoms with Gasteiger partial charge in [-0.2, -0.15) is 0 Å². The van der Waals surface area contributed by atoms with Gasteiger partial charge in [0.25, 0.3) is 0 Å². The number of fused-ring (bicyclic) bond motifs is 15. The average Bonchev–Trinajstić information content (AvgIpc) is 1.57. The fraction of sp³-hybridized carbons (Fsp3) is 0.113.